The molecule has 106 valence electrons. The van der Waals surface area contributed by atoms with Gasteiger partial charge in [-0.15, -0.1) is 6.58 Å². The summed E-state index contributed by atoms with van der Waals surface area (Å²) < 4.78 is 9.91. The molecule has 0 rings (SSSR count). The summed E-state index contributed by atoms with van der Waals surface area (Å²) in [4.78, 5) is 23.2. The van der Waals surface area contributed by atoms with Gasteiger partial charge in [0.2, 0.25) is 5.91 Å². The Morgan fingerprint density at radius 3 is 2.84 bits per heavy atom. The van der Waals surface area contributed by atoms with Crippen LogP contribution in [0.15, 0.2) is 12.7 Å². The molecule has 1 N–H and O–H groups in total. The maximum absolute atomic E-state index is 11.6. The van der Waals surface area contributed by atoms with Crippen LogP contribution in [0.1, 0.15) is 26.2 Å². The fourth-order valence-electron chi connectivity index (χ4n) is 1.22. The predicted octanol–water partition coefficient (Wildman–Crippen LogP) is 0.931. The topological polar surface area (TPSA) is 88.4 Å². The molecule has 0 heterocycles. The molecule has 0 aliphatic rings. The van der Waals surface area contributed by atoms with Crippen molar-refractivity contribution in [1.82, 2.24) is 5.32 Å². The van der Waals surface area contributed by atoms with E-state index >= 15 is 0 Å². The van der Waals surface area contributed by atoms with E-state index in [0.29, 0.717) is 13.0 Å². The van der Waals surface area contributed by atoms with Crippen LogP contribution in [-0.4, -0.2) is 37.7 Å². The number of nitrogens with one attached hydrogen (secondary N) is 1. The lowest BCUT2D eigenvalue weighted by atomic mass is 10.2. The molecule has 19 heavy (non-hydrogen) atoms. The van der Waals surface area contributed by atoms with Crippen LogP contribution in [-0.2, 0) is 19.1 Å². The summed E-state index contributed by atoms with van der Waals surface area (Å²) in [6, 6.07) is 0.821. The van der Waals surface area contributed by atoms with E-state index < -0.39 is 12.0 Å². The molecule has 1 amide bonds. The molecule has 0 spiro atoms. The van der Waals surface area contributed by atoms with Crippen LogP contribution in [0.25, 0.3) is 0 Å². The average Bonchev–Trinajstić information content (AvgIpc) is 2.41. The van der Waals surface area contributed by atoms with Gasteiger partial charge in [-0.1, -0.05) is 13.0 Å². The molecule has 0 aliphatic carbocycles. The zero-order valence-corrected chi connectivity index (χ0v) is 11.2. The summed E-state index contributed by atoms with van der Waals surface area (Å²) in [5, 5.41) is 10.9. The predicted molar refractivity (Wildman–Crippen MR) is 69.0 cm³/mol. The highest BCUT2D eigenvalue weighted by Crippen LogP contribution is 1.96. The van der Waals surface area contributed by atoms with Crippen LogP contribution in [0, 0.1) is 11.3 Å². The number of nitrogens with zero attached hydrogens (tertiary/aromatic N) is 1. The average molecular weight is 268 g/mol. The molecule has 0 radical (unpaired) electrons. The van der Waals surface area contributed by atoms with Crippen molar-refractivity contribution in [2.24, 2.45) is 0 Å². The normalized spacial score (nSPS) is 11.2. The molecule has 0 aliphatic heterocycles. The Morgan fingerprint density at radius 2 is 2.26 bits per heavy atom. The molecule has 0 saturated carbocycles. The van der Waals surface area contributed by atoms with Crippen molar-refractivity contribution in [3.05, 3.63) is 12.7 Å². The van der Waals surface area contributed by atoms with Gasteiger partial charge in [0, 0.05) is 13.0 Å². The van der Waals surface area contributed by atoms with Gasteiger partial charge >= 0.3 is 5.97 Å². The second-order valence-corrected chi connectivity index (χ2v) is 3.79. The number of hydrogen-bond acceptors (Lipinski definition) is 5. The SMILES string of the molecule is C=CCCC(=O)NC(COCCC)C(=O)OCC#N. The van der Waals surface area contributed by atoms with Gasteiger partial charge in [-0.2, -0.15) is 5.26 Å². The Balaban J connectivity index is 4.31. The van der Waals surface area contributed by atoms with Crippen LogP contribution < -0.4 is 5.32 Å². The lowest BCUT2D eigenvalue weighted by Crippen LogP contribution is -2.45. The van der Waals surface area contributed by atoms with Crippen molar-refractivity contribution in [2.75, 3.05) is 19.8 Å². The van der Waals surface area contributed by atoms with Crippen LogP contribution in [0.2, 0.25) is 0 Å². The standard InChI is InChI=1S/C13H20N2O4/c1-3-5-6-12(16)15-11(10-18-8-4-2)13(17)19-9-7-14/h3,11H,1,4-6,8-10H2,2H3,(H,15,16). The quantitative estimate of drug-likeness (QED) is 0.362. The van der Waals surface area contributed by atoms with Gasteiger partial charge in [0.05, 0.1) is 6.61 Å². The molecule has 0 aromatic carbocycles. The first kappa shape index (κ1) is 17.1. The summed E-state index contributed by atoms with van der Waals surface area (Å²) >= 11 is 0. The summed E-state index contributed by atoms with van der Waals surface area (Å²) in [7, 11) is 0. The highest BCUT2D eigenvalue weighted by Gasteiger charge is 2.22. The maximum Gasteiger partial charge on any atom is 0.332 e. The minimum absolute atomic E-state index is 0.0396. The summed E-state index contributed by atoms with van der Waals surface area (Å²) in [6.07, 6.45) is 3.21. The Morgan fingerprint density at radius 1 is 1.53 bits per heavy atom. The smallest absolute Gasteiger partial charge is 0.332 e. The number of hydrogen-bond donors (Lipinski definition) is 1. The molecule has 1 unspecified atom stereocenters. The van der Waals surface area contributed by atoms with Crippen molar-refractivity contribution >= 4 is 11.9 Å². The minimum Gasteiger partial charge on any atom is -0.449 e. The molecule has 1 atom stereocenters. The number of carbonyl (C=O) groups excluding carboxylic acids is 2. The van der Waals surface area contributed by atoms with Gasteiger partial charge in [-0.25, -0.2) is 4.79 Å². The summed E-state index contributed by atoms with van der Waals surface area (Å²) in [6.45, 7) is 5.64. The molecule has 0 aromatic heterocycles. The molecular formula is C13H20N2O4. The van der Waals surface area contributed by atoms with Gasteiger partial charge in [0.25, 0.3) is 0 Å². The van der Waals surface area contributed by atoms with Crippen molar-refractivity contribution in [2.45, 2.75) is 32.2 Å². The van der Waals surface area contributed by atoms with Crippen molar-refractivity contribution in [3.8, 4) is 6.07 Å². The number of nitriles is 1. The van der Waals surface area contributed by atoms with E-state index in [1.165, 1.54) is 0 Å². The molecule has 6 heteroatoms. The third-order valence-electron chi connectivity index (χ3n) is 2.11. The number of amides is 1. The molecule has 0 aromatic rings. The first-order valence-corrected chi connectivity index (χ1v) is 6.17. The Bertz CT molecular complexity index is 336. The Kier molecular flexibility index (Phi) is 10.1. The second kappa shape index (κ2) is 11.2. The Hall–Kier alpha value is -1.87. The van der Waals surface area contributed by atoms with E-state index in [2.05, 4.69) is 16.6 Å². The van der Waals surface area contributed by atoms with Crippen LogP contribution in [0.5, 0.6) is 0 Å². The van der Waals surface area contributed by atoms with Gasteiger partial charge in [-0.05, 0) is 12.8 Å². The minimum atomic E-state index is -0.878. The van der Waals surface area contributed by atoms with Crippen LogP contribution >= 0.6 is 0 Å². The van der Waals surface area contributed by atoms with Crippen LogP contribution in [0.4, 0.5) is 0 Å². The van der Waals surface area contributed by atoms with Crippen molar-refractivity contribution in [3.63, 3.8) is 0 Å². The summed E-state index contributed by atoms with van der Waals surface area (Å²) in [5.41, 5.74) is 0. The largest absolute Gasteiger partial charge is 0.449 e. The van der Waals surface area contributed by atoms with E-state index in [4.69, 9.17) is 10.00 Å². The van der Waals surface area contributed by atoms with Crippen molar-refractivity contribution in [1.29, 1.82) is 5.26 Å². The molecule has 0 saturated heterocycles. The number of allylic oxidation sites excluding steroid dienone is 1. The fourth-order valence-corrected chi connectivity index (χ4v) is 1.22. The number of esters is 1. The van der Waals surface area contributed by atoms with Gasteiger partial charge in [-0.3, -0.25) is 4.79 Å². The lowest BCUT2D eigenvalue weighted by Gasteiger charge is -2.16. The number of carbonyl (C=O) groups is 2. The highest BCUT2D eigenvalue weighted by molar-refractivity contribution is 5.84. The van der Waals surface area contributed by atoms with Gasteiger partial charge in [0.1, 0.15) is 6.07 Å². The first-order valence-electron chi connectivity index (χ1n) is 6.17. The molecular weight excluding hydrogens is 248 g/mol. The van der Waals surface area contributed by atoms with E-state index in [1.807, 2.05) is 6.92 Å². The lowest BCUT2D eigenvalue weighted by molar-refractivity contribution is -0.148. The van der Waals surface area contributed by atoms with Gasteiger partial charge in [0.15, 0.2) is 12.6 Å². The molecule has 0 fully saturated rings. The highest BCUT2D eigenvalue weighted by atomic mass is 16.5. The molecule has 6 nitrogen and oxygen atoms in total. The number of rotatable bonds is 10. The van der Waals surface area contributed by atoms with Crippen LogP contribution in [0.3, 0.4) is 0 Å². The Labute approximate surface area is 113 Å². The van der Waals surface area contributed by atoms with E-state index in [9.17, 15) is 9.59 Å². The third-order valence-corrected chi connectivity index (χ3v) is 2.11. The zero-order valence-electron chi connectivity index (χ0n) is 11.2. The molecule has 0 bridgehead atoms. The van der Waals surface area contributed by atoms with E-state index in [0.717, 1.165) is 6.42 Å². The van der Waals surface area contributed by atoms with E-state index in [-0.39, 0.29) is 25.5 Å². The zero-order chi connectivity index (χ0) is 14.5. The van der Waals surface area contributed by atoms with Crippen molar-refractivity contribution < 1.29 is 19.1 Å². The number of ether oxygens (including phenoxy) is 2. The summed E-state index contributed by atoms with van der Waals surface area (Å²) in [5.74, 6) is -0.941. The fraction of sp³-hybridized carbons (Fsp3) is 0.615. The third kappa shape index (κ3) is 8.80. The van der Waals surface area contributed by atoms with Gasteiger partial charge < -0.3 is 14.8 Å². The second-order valence-electron chi connectivity index (χ2n) is 3.79. The first-order chi connectivity index (χ1) is 9.15. The monoisotopic (exact) mass is 268 g/mol. The van der Waals surface area contributed by atoms with E-state index in [1.54, 1.807) is 12.1 Å². The maximum atomic E-state index is 11.6.